The van der Waals surface area contributed by atoms with Gasteiger partial charge < -0.3 is 0 Å². The quantitative estimate of drug-likeness (QED) is 0.200. The molecule has 0 unspecified atom stereocenters. The zero-order valence-electron chi connectivity index (χ0n) is 12.5. The van der Waals surface area contributed by atoms with Crippen LogP contribution in [0.25, 0.3) is 22.3 Å². The molecule has 0 nitrogen and oxygen atoms in total. The van der Waals surface area contributed by atoms with E-state index in [0.717, 1.165) is 24.3 Å². The van der Waals surface area contributed by atoms with Crippen LogP contribution in [0.3, 0.4) is 0 Å². The third kappa shape index (κ3) is 3.79. The zero-order chi connectivity index (χ0) is 19.2. The van der Waals surface area contributed by atoms with Crippen molar-refractivity contribution in [2.24, 2.45) is 0 Å². The van der Waals surface area contributed by atoms with Crippen LogP contribution in [0.1, 0.15) is 0 Å². The molecule has 3 aromatic rings. The van der Waals surface area contributed by atoms with Crippen LogP contribution in [-0.2, 0) is 0 Å². The molecule has 0 aliphatic rings. The van der Waals surface area contributed by atoms with Gasteiger partial charge in [0.2, 0.25) is 0 Å². The second-order valence-corrected chi connectivity index (χ2v) is 8.72. The number of rotatable bonds is 2. The second kappa shape index (κ2) is 7.73. The minimum atomic E-state index is -0.973. The molecule has 26 heavy (non-hydrogen) atoms. The smallest absolute Gasteiger partial charge is 0.159 e. The Kier molecular flexibility index (Phi) is 5.96. The molecule has 0 radical (unpaired) electrons. The molecule has 0 saturated heterocycles. The van der Waals surface area contributed by atoms with Crippen molar-refractivity contribution in [3.05, 3.63) is 77.6 Å². The Hall–Kier alpha value is -0.700. The molecular weight excluding hydrogens is 612 g/mol. The van der Waals surface area contributed by atoms with E-state index in [1.165, 1.54) is 0 Å². The molecule has 0 fully saturated rings. The molecule has 0 N–H and O–H groups in total. The summed E-state index contributed by atoms with van der Waals surface area (Å²) in [5, 5.41) is 0. The minimum Gasteiger partial charge on any atom is -0.204 e. The van der Waals surface area contributed by atoms with Crippen LogP contribution in [-0.4, -0.2) is 0 Å². The summed E-state index contributed by atoms with van der Waals surface area (Å²) in [7, 11) is 0. The molecule has 0 aliphatic carbocycles. The lowest BCUT2D eigenvalue weighted by atomic mass is 10.00. The van der Waals surface area contributed by atoms with Crippen LogP contribution in [0.5, 0.6) is 0 Å². The van der Waals surface area contributed by atoms with Crippen LogP contribution >= 0.6 is 63.7 Å². The number of halogens is 8. The van der Waals surface area contributed by atoms with E-state index in [1.807, 2.05) is 0 Å². The highest BCUT2D eigenvalue weighted by atomic mass is 79.9. The maximum absolute atomic E-state index is 13.7. The van der Waals surface area contributed by atoms with Gasteiger partial charge in [0.1, 0.15) is 0 Å². The van der Waals surface area contributed by atoms with E-state index in [9.17, 15) is 17.6 Å². The van der Waals surface area contributed by atoms with E-state index >= 15 is 0 Å². The highest BCUT2D eigenvalue weighted by Gasteiger charge is 2.17. The van der Waals surface area contributed by atoms with Gasteiger partial charge in [-0.2, -0.15) is 0 Å². The molecule has 8 heteroatoms. The first-order valence-electron chi connectivity index (χ1n) is 6.98. The fraction of sp³-hybridized carbons (Fsp3) is 0. The largest absolute Gasteiger partial charge is 0.204 e. The fourth-order valence-electron chi connectivity index (χ4n) is 2.42. The topological polar surface area (TPSA) is 0 Å². The van der Waals surface area contributed by atoms with Gasteiger partial charge in [-0.1, -0.05) is 63.7 Å². The molecule has 0 spiro atoms. The molecule has 0 aromatic heterocycles. The van der Waals surface area contributed by atoms with Crippen molar-refractivity contribution in [1.29, 1.82) is 0 Å². The van der Waals surface area contributed by atoms with Crippen LogP contribution < -0.4 is 0 Å². The van der Waals surface area contributed by atoms with E-state index in [4.69, 9.17) is 0 Å². The molecule has 3 aromatic carbocycles. The second-order valence-electron chi connectivity index (χ2n) is 5.30. The Morgan fingerprint density at radius 1 is 0.385 bits per heavy atom. The first-order valence-corrected chi connectivity index (χ1v) is 10.1. The van der Waals surface area contributed by atoms with Crippen LogP contribution in [0.2, 0.25) is 0 Å². The summed E-state index contributed by atoms with van der Waals surface area (Å²) in [4.78, 5) is 0. The molecule has 0 heterocycles. The lowest BCUT2D eigenvalue weighted by molar-refractivity contribution is 0.508. The Morgan fingerprint density at radius 3 is 0.962 bits per heavy atom. The molecule has 0 atom stereocenters. The normalized spacial score (nSPS) is 11.1. The summed E-state index contributed by atoms with van der Waals surface area (Å²) >= 11 is 13.3. The van der Waals surface area contributed by atoms with Gasteiger partial charge in [0.15, 0.2) is 23.3 Å². The molecule has 134 valence electrons. The summed E-state index contributed by atoms with van der Waals surface area (Å²) in [6, 6.07) is 7.63. The maximum Gasteiger partial charge on any atom is 0.159 e. The first-order chi connectivity index (χ1) is 12.2. The molecule has 3 rings (SSSR count). The highest BCUT2D eigenvalue weighted by Crippen LogP contribution is 2.42. The lowest BCUT2D eigenvalue weighted by Gasteiger charge is -2.14. The van der Waals surface area contributed by atoms with Crippen LogP contribution in [0.4, 0.5) is 17.6 Å². The van der Waals surface area contributed by atoms with Crippen molar-refractivity contribution in [3.63, 3.8) is 0 Å². The van der Waals surface area contributed by atoms with Crippen molar-refractivity contribution in [1.82, 2.24) is 0 Å². The Bertz CT molecular complexity index is 951. The van der Waals surface area contributed by atoms with Gasteiger partial charge in [-0.25, -0.2) is 17.6 Å². The van der Waals surface area contributed by atoms with E-state index in [-0.39, 0.29) is 0 Å². The van der Waals surface area contributed by atoms with Gasteiger partial charge in [-0.05, 0) is 47.5 Å². The lowest BCUT2D eigenvalue weighted by Crippen LogP contribution is -1.92. The number of hydrogen-bond donors (Lipinski definition) is 0. The zero-order valence-corrected chi connectivity index (χ0v) is 18.8. The van der Waals surface area contributed by atoms with Gasteiger partial charge in [-0.15, -0.1) is 0 Å². The molecule has 0 bridgehead atoms. The molecule has 0 saturated carbocycles. The fourth-order valence-corrected chi connectivity index (χ4v) is 4.59. The summed E-state index contributed by atoms with van der Waals surface area (Å²) in [5.41, 5.74) is 2.05. The number of hydrogen-bond acceptors (Lipinski definition) is 0. The van der Waals surface area contributed by atoms with Gasteiger partial charge >= 0.3 is 0 Å². The monoisotopic (exact) mass is 614 g/mol. The van der Waals surface area contributed by atoms with Gasteiger partial charge in [0, 0.05) is 29.0 Å². The highest BCUT2D eigenvalue weighted by molar-refractivity contribution is 9.11. The first kappa shape index (κ1) is 20.0. The minimum absolute atomic E-state index is 0.380. The van der Waals surface area contributed by atoms with Crippen molar-refractivity contribution >= 4 is 63.7 Å². The Balaban J connectivity index is 2.19. The maximum atomic E-state index is 13.7. The summed E-state index contributed by atoms with van der Waals surface area (Å²) in [6.45, 7) is 0. The summed E-state index contributed by atoms with van der Waals surface area (Å²) in [5.74, 6) is -3.87. The molecule has 0 amide bonds. The summed E-state index contributed by atoms with van der Waals surface area (Å²) < 4.78 is 55.9. The van der Waals surface area contributed by atoms with E-state index in [0.29, 0.717) is 40.1 Å². The van der Waals surface area contributed by atoms with Gasteiger partial charge in [-0.3, -0.25) is 0 Å². The predicted octanol–water partition coefficient (Wildman–Crippen LogP) is 8.63. The molecular formula is C18H6Br4F4. The average molecular weight is 618 g/mol. The van der Waals surface area contributed by atoms with Crippen molar-refractivity contribution in [2.45, 2.75) is 0 Å². The predicted molar refractivity (Wildman–Crippen MR) is 108 cm³/mol. The third-order valence-corrected chi connectivity index (χ3v) is 6.28. The molecule has 0 aliphatic heterocycles. The van der Waals surface area contributed by atoms with Crippen molar-refractivity contribution in [3.8, 4) is 22.3 Å². The number of benzene rings is 3. The van der Waals surface area contributed by atoms with Crippen LogP contribution in [0, 0.1) is 23.3 Å². The van der Waals surface area contributed by atoms with Crippen molar-refractivity contribution in [2.75, 3.05) is 0 Å². The van der Waals surface area contributed by atoms with E-state index < -0.39 is 23.3 Å². The van der Waals surface area contributed by atoms with Crippen molar-refractivity contribution < 1.29 is 17.6 Å². The van der Waals surface area contributed by atoms with E-state index in [1.54, 1.807) is 12.1 Å². The summed E-state index contributed by atoms with van der Waals surface area (Å²) in [6.07, 6.45) is 0. The Labute approximate surface area is 180 Å². The SMILES string of the molecule is Fc1cc(Br)c(-c2cc(Br)c(-c3cc(F)c(F)cc3Br)cc2Br)cc1F. The van der Waals surface area contributed by atoms with E-state index in [2.05, 4.69) is 63.7 Å². The van der Waals surface area contributed by atoms with Gasteiger partial charge in [0.05, 0.1) is 0 Å². The van der Waals surface area contributed by atoms with Crippen LogP contribution in [0.15, 0.2) is 54.3 Å². The Morgan fingerprint density at radius 2 is 0.615 bits per heavy atom. The third-order valence-electron chi connectivity index (χ3n) is 3.66. The standard InChI is InChI=1S/C18H6Br4F4/c19-11-1-7(9-3-15(23)17(25)5-13(9)21)12(20)2-8(11)10-4-16(24)18(26)6-14(10)22/h1-6H. The van der Waals surface area contributed by atoms with Gasteiger partial charge in [0.25, 0.3) is 0 Å². The average Bonchev–Trinajstić information content (AvgIpc) is 2.56.